The topological polar surface area (TPSA) is 84.6 Å². The van der Waals surface area contributed by atoms with Crippen LogP contribution in [0.15, 0.2) is 41.3 Å². The minimum Gasteiger partial charge on any atom is -0.488 e. The Kier molecular flexibility index (Phi) is 5.15. The molecule has 1 aromatic carbocycles. The molecule has 3 rings (SSSR count). The van der Waals surface area contributed by atoms with E-state index >= 15 is 0 Å². The number of aliphatic hydroxyl groups excluding tert-OH is 1. The Hall–Kier alpha value is -2.34. The zero-order valence-corrected chi connectivity index (χ0v) is 13.6. The summed E-state index contributed by atoms with van der Waals surface area (Å²) in [7, 11) is 0. The molecule has 1 aromatic heterocycles. The van der Waals surface area contributed by atoms with Crippen molar-refractivity contribution in [3.8, 4) is 5.75 Å². The summed E-state index contributed by atoms with van der Waals surface area (Å²) in [6.45, 7) is 2.41. The normalized spacial score (nSPS) is 23.7. The molecular weight excluding hydrogens is 308 g/mol. The fraction of sp³-hybridized carbons (Fsp3) is 0.444. The number of hydrogen-bond donors (Lipinski definition) is 2. The molecule has 1 saturated carbocycles. The summed E-state index contributed by atoms with van der Waals surface area (Å²) in [5.41, 5.74) is 1.41. The van der Waals surface area contributed by atoms with Crippen LogP contribution < -0.4 is 10.1 Å². The molecule has 2 N–H and O–H groups in total. The number of aromatic nitrogens is 1. The maximum atomic E-state index is 11.9. The lowest BCUT2D eigenvalue weighted by Crippen LogP contribution is -2.45. The van der Waals surface area contributed by atoms with Crippen LogP contribution in [-0.4, -0.2) is 34.8 Å². The van der Waals surface area contributed by atoms with Crippen LogP contribution in [0.1, 0.15) is 35.3 Å². The van der Waals surface area contributed by atoms with Gasteiger partial charge in [0.1, 0.15) is 18.1 Å². The van der Waals surface area contributed by atoms with Crippen molar-refractivity contribution < 1.29 is 19.1 Å². The molecule has 0 aliphatic heterocycles. The van der Waals surface area contributed by atoms with Gasteiger partial charge in [-0.2, -0.15) is 0 Å². The van der Waals surface area contributed by atoms with E-state index in [1.165, 1.54) is 18.2 Å². The largest absolute Gasteiger partial charge is 0.488 e. The molecule has 6 nitrogen and oxygen atoms in total. The molecular formula is C18H22N2O4. The summed E-state index contributed by atoms with van der Waals surface area (Å²) in [6, 6.07) is 7.80. The SMILES string of the molecule is Cc1ccc(O[C@@H]2CCC[C@H](CNC(=O)c3cocn3)[C@H]2O)cc1. The fourth-order valence-corrected chi connectivity index (χ4v) is 3.01. The van der Waals surface area contributed by atoms with Crippen LogP contribution in [-0.2, 0) is 0 Å². The molecule has 1 amide bonds. The standard InChI is InChI=1S/C18H22N2O4/c1-12-5-7-14(8-6-12)24-16-4-2-3-13(17(16)21)9-19-18(22)15-10-23-11-20-15/h5-8,10-11,13,16-17,21H,2-4,9H2,1H3,(H,19,22)/t13-,16-,17-/m1/s1. The number of nitrogens with one attached hydrogen (secondary N) is 1. The molecule has 1 heterocycles. The molecule has 2 aromatic rings. The number of nitrogens with zero attached hydrogens (tertiary/aromatic N) is 1. The minimum absolute atomic E-state index is 0.0370. The fourth-order valence-electron chi connectivity index (χ4n) is 3.01. The van der Waals surface area contributed by atoms with E-state index in [0.717, 1.165) is 25.0 Å². The Labute approximate surface area is 140 Å². The first-order valence-electron chi connectivity index (χ1n) is 8.21. The summed E-state index contributed by atoms with van der Waals surface area (Å²) >= 11 is 0. The van der Waals surface area contributed by atoms with Crippen molar-refractivity contribution in [2.45, 2.75) is 38.4 Å². The highest BCUT2D eigenvalue weighted by atomic mass is 16.5. The third-order valence-electron chi connectivity index (χ3n) is 4.43. The second-order valence-corrected chi connectivity index (χ2v) is 6.23. The highest BCUT2D eigenvalue weighted by Gasteiger charge is 2.33. The van der Waals surface area contributed by atoms with E-state index in [1.54, 1.807) is 0 Å². The first-order chi connectivity index (χ1) is 11.6. The van der Waals surface area contributed by atoms with Crippen molar-refractivity contribution in [3.63, 3.8) is 0 Å². The molecule has 0 radical (unpaired) electrons. The van der Waals surface area contributed by atoms with Gasteiger partial charge in [0.15, 0.2) is 12.1 Å². The summed E-state index contributed by atoms with van der Waals surface area (Å²) in [6.07, 6.45) is 4.27. The number of carbonyl (C=O) groups is 1. The highest BCUT2D eigenvalue weighted by molar-refractivity contribution is 5.91. The van der Waals surface area contributed by atoms with Crippen molar-refractivity contribution in [1.82, 2.24) is 10.3 Å². The van der Waals surface area contributed by atoms with E-state index in [2.05, 4.69) is 10.3 Å². The van der Waals surface area contributed by atoms with Crippen molar-refractivity contribution in [2.75, 3.05) is 6.54 Å². The van der Waals surface area contributed by atoms with Gasteiger partial charge < -0.3 is 19.6 Å². The maximum Gasteiger partial charge on any atom is 0.273 e. The Bertz CT molecular complexity index is 654. The molecule has 1 aliphatic carbocycles. The predicted octanol–water partition coefficient (Wildman–Crippen LogP) is 2.32. The lowest BCUT2D eigenvalue weighted by atomic mass is 9.84. The maximum absolute atomic E-state index is 11.9. The van der Waals surface area contributed by atoms with Crippen LogP contribution >= 0.6 is 0 Å². The summed E-state index contributed by atoms with van der Waals surface area (Å²) in [5.74, 6) is 0.430. The third kappa shape index (κ3) is 3.94. The Morgan fingerprint density at radius 3 is 2.88 bits per heavy atom. The van der Waals surface area contributed by atoms with Crippen LogP contribution in [0.3, 0.4) is 0 Å². The lowest BCUT2D eigenvalue weighted by Gasteiger charge is -2.35. The van der Waals surface area contributed by atoms with Crippen LogP contribution in [0.2, 0.25) is 0 Å². The van der Waals surface area contributed by atoms with Crippen molar-refractivity contribution in [3.05, 3.63) is 48.2 Å². The van der Waals surface area contributed by atoms with Gasteiger partial charge in [-0.3, -0.25) is 4.79 Å². The summed E-state index contributed by atoms with van der Waals surface area (Å²) in [5, 5.41) is 13.4. The number of aliphatic hydroxyl groups is 1. The zero-order valence-electron chi connectivity index (χ0n) is 13.6. The predicted molar refractivity (Wildman–Crippen MR) is 87.8 cm³/mol. The van der Waals surface area contributed by atoms with E-state index in [1.807, 2.05) is 31.2 Å². The first-order valence-corrected chi connectivity index (χ1v) is 8.21. The molecule has 0 saturated heterocycles. The van der Waals surface area contributed by atoms with Gasteiger partial charge in [0.25, 0.3) is 5.91 Å². The van der Waals surface area contributed by atoms with Gasteiger partial charge in [-0.15, -0.1) is 0 Å². The number of aryl methyl sites for hydroxylation is 1. The molecule has 1 aliphatic rings. The van der Waals surface area contributed by atoms with Crippen molar-refractivity contribution in [1.29, 1.82) is 0 Å². The zero-order chi connectivity index (χ0) is 16.9. The number of ether oxygens (including phenoxy) is 1. The van der Waals surface area contributed by atoms with Crippen LogP contribution in [0.5, 0.6) is 5.75 Å². The van der Waals surface area contributed by atoms with Crippen molar-refractivity contribution in [2.24, 2.45) is 5.92 Å². The first kappa shape index (κ1) is 16.5. The van der Waals surface area contributed by atoms with Gasteiger partial charge >= 0.3 is 0 Å². The second-order valence-electron chi connectivity index (χ2n) is 6.23. The monoisotopic (exact) mass is 330 g/mol. The van der Waals surface area contributed by atoms with Gasteiger partial charge in [0.05, 0.1) is 6.10 Å². The third-order valence-corrected chi connectivity index (χ3v) is 4.43. The Morgan fingerprint density at radius 2 is 2.17 bits per heavy atom. The second kappa shape index (κ2) is 7.49. The Morgan fingerprint density at radius 1 is 1.38 bits per heavy atom. The van der Waals surface area contributed by atoms with E-state index in [9.17, 15) is 9.90 Å². The molecule has 24 heavy (non-hydrogen) atoms. The van der Waals surface area contributed by atoms with E-state index in [-0.39, 0.29) is 23.6 Å². The number of carbonyl (C=O) groups excluding carboxylic acids is 1. The summed E-state index contributed by atoms with van der Waals surface area (Å²) in [4.78, 5) is 15.7. The minimum atomic E-state index is -0.613. The number of hydrogen-bond acceptors (Lipinski definition) is 5. The molecule has 0 spiro atoms. The number of oxazole rings is 1. The van der Waals surface area contributed by atoms with Gasteiger partial charge in [-0.1, -0.05) is 17.7 Å². The van der Waals surface area contributed by atoms with Gasteiger partial charge in [-0.25, -0.2) is 4.98 Å². The number of rotatable bonds is 5. The summed E-state index contributed by atoms with van der Waals surface area (Å²) < 4.78 is 10.7. The smallest absolute Gasteiger partial charge is 0.273 e. The molecule has 6 heteroatoms. The van der Waals surface area contributed by atoms with Crippen LogP contribution in [0, 0.1) is 12.8 Å². The van der Waals surface area contributed by atoms with Gasteiger partial charge in [0.2, 0.25) is 0 Å². The van der Waals surface area contributed by atoms with Gasteiger partial charge in [0, 0.05) is 12.5 Å². The van der Waals surface area contributed by atoms with E-state index < -0.39 is 6.10 Å². The van der Waals surface area contributed by atoms with E-state index in [4.69, 9.17) is 9.15 Å². The molecule has 0 bridgehead atoms. The van der Waals surface area contributed by atoms with Gasteiger partial charge in [-0.05, 0) is 38.3 Å². The number of amides is 1. The molecule has 1 fully saturated rings. The number of benzene rings is 1. The van der Waals surface area contributed by atoms with Crippen LogP contribution in [0.4, 0.5) is 0 Å². The quantitative estimate of drug-likeness (QED) is 0.879. The molecule has 0 unspecified atom stereocenters. The van der Waals surface area contributed by atoms with E-state index in [0.29, 0.717) is 6.54 Å². The average molecular weight is 330 g/mol. The lowest BCUT2D eigenvalue weighted by molar-refractivity contribution is -0.0301. The molecule has 3 atom stereocenters. The highest BCUT2D eigenvalue weighted by Crippen LogP contribution is 2.28. The Balaban J connectivity index is 1.55. The van der Waals surface area contributed by atoms with Crippen molar-refractivity contribution >= 4 is 5.91 Å². The van der Waals surface area contributed by atoms with Crippen LogP contribution in [0.25, 0.3) is 0 Å². The molecule has 128 valence electrons. The average Bonchev–Trinajstić information content (AvgIpc) is 3.12.